The van der Waals surface area contributed by atoms with Crippen molar-refractivity contribution < 1.29 is 9.18 Å². The second-order valence-electron chi connectivity index (χ2n) is 7.93. The first-order valence-electron chi connectivity index (χ1n) is 10.1. The number of rotatable bonds is 4. The monoisotopic (exact) mass is 385 g/mol. The summed E-state index contributed by atoms with van der Waals surface area (Å²) in [5, 5.41) is 7.67. The minimum atomic E-state index is -0.230. The molecule has 1 N–H and O–H groups in total. The van der Waals surface area contributed by atoms with Gasteiger partial charge < -0.3 is 9.80 Å². The zero-order valence-corrected chi connectivity index (χ0v) is 16.6. The summed E-state index contributed by atoms with van der Waals surface area (Å²) in [6, 6.07) is 8.73. The Morgan fingerprint density at radius 3 is 2.64 bits per heavy atom. The fourth-order valence-corrected chi connectivity index (χ4v) is 3.92. The van der Waals surface area contributed by atoms with Gasteiger partial charge >= 0.3 is 6.03 Å². The molecule has 1 aliphatic carbocycles. The molecule has 2 heterocycles. The van der Waals surface area contributed by atoms with E-state index in [1.807, 2.05) is 22.6 Å². The maximum atomic E-state index is 13.2. The van der Waals surface area contributed by atoms with E-state index in [1.54, 1.807) is 12.1 Å². The van der Waals surface area contributed by atoms with Gasteiger partial charge in [-0.05, 0) is 63.3 Å². The highest BCUT2D eigenvalue weighted by Gasteiger charge is 2.31. The highest BCUT2D eigenvalue weighted by Crippen LogP contribution is 2.40. The number of amides is 2. The number of anilines is 2. The summed E-state index contributed by atoms with van der Waals surface area (Å²) in [4.78, 5) is 16.9. The van der Waals surface area contributed by atoms with Crippen LogP contribution in [0.5, 0.6) is 0 Å². The number of carbonyl (C=O) groups is 1. The normalized spacial score (nSPS) is 18.7. The Labute approximate surface area is 165 Å². The molecule has 2 aromatic rings. The number of carbonyl (C=O) groups excluding carboxylic acids is 1. The Kier molecular flexibility index (Phi) is 5.24. The fraction of sp³-hybridized carbons (Fsp3) is 0.524. The Morgan fingerprint density at radius 1 is 1.18 bits per heavy atom. The Morgan fingerprint density at radius 2 is 1.93 bits per heavy atom. The van der Waals surface area contributed by atoms with Crippen molar-refractivity contribution in [1.82, 2.24) is 14.7 Å². The lowest BCUT2D eigenvalue weighted by Crippen LogP contribution is -2.38. The van der Waals surface area contributed by atoms with E-state index in [-0.39, 0.29) is 11.8 Å². The van der Waals surface area contributed by atoms with Gasteiger partial charge in [-0.15, -0.1) is 0 Å². The number of aryl methyl sites for hydroxylation is 1. The summed E-state index contributed by atoms with van der Waals surface area (Å²) in [6.07, 6.45) is 3.35. The molecule has 2 aliphatic rings. The molecule has 1 aromatic heterocycles. The molecule has 2 fully saturated rings. The van der Waals surface area contributed by atoms with Gasteiger partial charge in [-0.1, -0.05) is 0 Å². The first-order chi connectivity index (χ1) is 13.5. The summed E-state index contributed by atoms with van der Waals surface area (Å²) in [5.41, 5.74) is 1.91. The van der Waals surface area contributed by atoms with Crippen LogP contribution >= 0.6 is 0 Å². The van der Waals surface area contributed by atoms with E-state index in [4.69, 9.17) is 0 Å². The van der Waals surface area contributed by atoms with Crippen molar-refractivity contribution in [1.29, 1.82) is 0 Å². The molecular formula is C21H28FN5O. The second-order valence-corrected chi connectivity index (χ2v) is 7.93. The molecule has 28 heavy (non-hydrogen) atoms. The van der Waals surface area contributed by atoms with E-state index in [2.05, 4.69) is 22.2 Å². The molecule has 1 aromatic carbocycles. The van der Waals surface area contributed by atoms with Gasteiger partial charge in [0.1, 0.15) is 11.6 Å². The average Bonchev–Trinajstić information content (AvgIpc) is 3.48. The minimum Gasteiger partial charge on any atom is -0.370 e. The summed E-state index contributed by atoms with van der Waals surface area (Å²) < 4.78 is 15.1. The van der Waals surface area contributed by atoms with Gasteiger partial charge in [0.2, 0.25) is 0 Å². The van der Waals surface area contributed by atoms with Gasteiger partial charge in [-0.2, -0.15) is 5.10 Å². The van der Waals surface area contributed by atoms with Crippen LogP contribution in [0.3, 0.4) is 0 Å². The van der Waals surface area contributed by atoms with Gasteiger partial charge in [0.05, 0.1) is 11.7 Å². The molecule has 0 bridgehead atoms. The fourth-order valence-electron chi connectivity index (χ4n) is 3.92. The molecule has 1 atom stereocenters. The molecule has 6 nitrogen and oxygen atoms in total. The van der Waals surface area contributed by atoms with E-state index >= 15 is 0 Å². The van der Waals surface area contributed by atoms with Gasteiger partial charge in [0.15, 0.2) is 0 Å². The summed E-state index contributed by atoms with van der Waals surface area (Å²) in [6.45, 7) is 7.05. The molecule has 150 valence electrons. The van der Waals surface area contributed by atoms with Gasteiger partial charge in [-0.3, -0.25) is 5.32 Å². The number of hydrogen-bond donors (Lipinski definition) is 1. The van der Waals surface area contributed by atoms with E-state index in [0.717, 1.165) is 36.7 Å². The van der Waals surface area contributed by atoms with Crippen molar-refractivity contribution in [2.24, 2.45) is 5.92 Å². The summed E-state index contributed by atoms with van der Waals surface area (Å²) >= 11 is 0. The van der Waals surface area contributed by atoms with Crippen LogP contribution < -0.4 is 10.2 Å². The zero-order valence-electron chi connectivity index (χ0n) is 16.6. The third kappa shape index (κ3) is 4.13. The van der Waals surface area contributed by atoms with Crippen molar-refractivity contribution in [3.63, 3.8) is 0 Å². The summed E-state index contributed by atoms with van der Waals surface area (Å²) in [5.74, 6) is 1.21. The molecule has 0 spiro atoms. The summed E-state index contributed by atoms with van der Waals surface area (Å²) in [7, 11) is 0. The number of aromatic nitrogens is 2. The third-order valence-electron chi connectivity index (χ3n) is 5.76. The molecule has 2 amide bonds. The molecule has 0 radical (unpaired) electrons. The topological polar surface area (TPSA) is 53.4 Å². The average molecular weight is 385 g/mol. The number of nitrogens with one attached hydrogen (secondary N) is 1. The molecule has 1 aliphatic heterocycles. The Bertz CT molecular complexity index is 830. The second kappa shape index (κ2) is 7.81. The molecule has 1 saturated carbocycles. The Balaban J connectivity index is 1.40. The van der Waals surface area contributed by atoms with Crippen molar-refractivity contribution in [2.45, 2.75) is 39.2 Å². The quantitative estimate of drug-likeness (QED) is 0.864. The van der Waals surface area contributed by atoms with E-state index in [0.29, 0.717) is 25.0 Å². The third-order valence-corrected chi connectivity index (χ3v) is 5.76. The molecule has 1 unspecified atom stereocenters. The lowest BCUT2D eigenvalue weighted by molar-refractivity contribution is 0.215. The van der Waals surface area contributed by atoms with Crippen molar-refractivity contribution in [2.75, 3.05) is 36.4 Å². The molecule has 7 heteroatoms. The maximum Gasteiger partial charge on any atom is 0.323 e. The largest absolute Gasteiger partial charge is 0.370 e. The Hall–Kier alpha value is -2.57. The van der Waals surface area contributed by atoms with Gasteiger partial charge in [0.25, 0.3) is 0 Å². The smallest absolute Gasteiger partial charge is 0.323 e. The van der Waals surface area contributed by atoms with Crippen LogP contribution in [0.4, 0.5) is 20.7 Å². The first-order valence-corrected chi connectivity index (χ1v) is 10.1. The number of hydrogen-bond acceptors (Lipinski definition) is 3. The van der Waals surface area contributed by atoms with Crippen LogP contribution in [0.25, 0.3) is 0 Å². The molecule has 1 saturated heterocycles. The van der Waals surface area contributed by atoms with Crippen molar-refractivity contribution in [3.05, 3.63) is 41.8 Å². The van der Waals surface area contributed by atoms with E-state index in [1.165, 1.54) is 25.0 Å². The van der Waals surface area contributed by atoms with E-state index < -0.39 is 0 Å². The van der Waals surface area contributed by atoms with Crippen LogP contribution in [0.1, 0.15) is 37.9 Å². The standard InChI is InChI=1S/C21H28FN5O/c1-15-14-20(27(24-15)16(2)17-4-5-17)23-21(28)26-11-3-10-25(12-13-26)19-8-6-18(22)7-9-19/h6-9,14,16-17H,3-5,10-13H2,1-2H3,(H,23,28). The number of halogens is 1. The van der Waals surface area contributed by atoms with Crippen LogP contribution in [-0.2, 0) is 0 Å². The van der Waals surface area contributed by atoms with Gasteiger partial charge in [-0.25, -0.2) is 13.9 Å². The lowest BCUT2D eigenvalue weighted by Gasteiger charge is -2.24. The predicted octanol–water partition coefficient (Wildman–Crippen LogP) is 4.05. The SMILES string of the molecule is Cc1cc(NC(=O)N2CCCN(c3ccc(F)cc3)CC2)n(C(C)C2CC2)n1. The van der Waals surface area contributed by atoms with Crippen molar-refractivity contribution in [3.8, 4) is 0 Å². The number of urea groups is 1. The highest BCUT2D eigenvalue weighted by atomic mass is 19.1. The first kappa shape index (κ1) is 18.8. The van der Waals surface area contributed by atoms with E-state index in [9.17, 15) is 9.18 Å². The minimum absolute atomic E-state index is 0.0786. The molecule has 4 rings (SSSR count). The zero-order chi connectivity index (χ0) is 19.7. The maximum absolute atomic E-state index is 13.2. The highest BCUT2D eigenvalue weighted by molar-refractivity contribution is 5.88. The lowest BCUT2D eigenvalue weighted by atomic mass is 10.2. The van der Waals surface area contributed by atoms with Crippen LogP contribution in [0.15, 0.2) is 30.3 Å². The van der Waals surface area contributed by atoms with Gasteiger partial charge in [0, 0.05) is 37.9 Å². The number of benzene rings is 1. The van der Waals surface area contributed by atoms with Crippen LogP contribution in [0.2, 0.25) is 0 Å². The van der Waals surface area contributed by atoms with Crippen LogP contribution in [0, 0.1) is 18.7 Å². The van der Waals surface area contributed by atoms with Crippen LogP contribution in [-0.4, -0.2) is 46.9 Å². The van der Waals surface area contributed by atoms with Crippen molar-refractivity contribution >= 4 is 17.5 Å². The molecular weight excluding hydrogens is 357 g/mol. The predicted molar refractivity (Wildman–Crippen MR) is 108 cm³/mol. The number of nitrogens with zero attached hydrogens (tertiary/aromatic N) is 4.